The predicted molar refractivity (Wildman–Crippen MR) is 128 cm³/mol. The normalized spacial score (nSPS) is 11.2. The highest BCUT2D eigenvalue weighted by atomic mass is 16.2. The number of rotatable bonds is 6. The molecule has 0 saturated heterocycles. The fourth-order valence-electron chi connectivity index (χ4n) is 3.96. The molecule has 5 rings (SSSR count). The van der Waals surface area contributed by atoms with Crippen LogP contribution in [0, 0.1) is 0 Å². The van der Waals surface area contributed by atoms with E-state index in [4.69, 9.17) is 0 Å². The number of amides is 1. The average molecular weight is 438 g/mol. The second-order valence-corrected chi connectivity index (χ2v) is 7.94. The lowest BCUT2D eigenvalue weighted by molar-refractivity contribution is 0.104. The molecule has 0 saturated carbocycles. The predicted octanol–water partition coefficient (Wildman–Crippen LogP) is 5.17. The number of aromatic nitrogens is 4. The molecule has 2 N–H and O–H groups in total. The van der Waals surface area contributed by atoms with Crippen LogP contribution in [0.1, 0.15) is 35.7 Å². The number of hydrogen-bond donors (Lipinski definition) is 2. The lowest BCUT2D eigenvalue weighted by atomic mass is 10.0. The number of carbonyl (C=O) groups is 2. The smallest absolute Gasteiger partial charge is 0.326 e. The quantitative estimate of drug-likeness (QED) is 0.283. The third kappa shape index (κ3) is 3.89. The van der Waals surface area contributed by atoms with Crippen molar-refractivity contribution in [1.82, 2.24) is 24.8 Å². The van der Waals surface area contributed by atoms with Crippen LogP contribution < -0.4 is 5.32 Å². The molecule has 0 atom stereocenters. The summed E-state index contributed by atoms with van der Waals surface area (Å²) in [6.07, 6.45) is 10.6. The van der Waals surface area contributed by atoms with E-state index in [1.165, 1.54) is 0 Å². The summed E-state index contributed by atoms with van der Waals surface area (Å²) in [6.45, 7) is 2.72. The van der Waals surface area contributed by atoms with Gasteiger partial charge in [0.25, 0.3) is 0 Å². The maximum atomic E-state index is 13.4. The third-order valence-electron chi connectivity index (χ3n) is 5.75. The number of H-pyrrole nitrogens is 1. The first-order valence-corrected chi connectivity index (χ1v) is 11.0. The fourth-order valence-corrected chi connectivity index (χ4v) is 3.96. The van der Waals surface area contributed by atoms with Crippen LogP contribution in [0.4, 0.5) is 4.79 Å². The van der Waals surface area contributed by atoms with E-state index in [-0.39, 0.29) is 11.8 Å². The Hall–Kier alpha value is -4.26. The number of benzene rings is 1. The van der Waals surface area contributed by atoms with Crippen LogP contribution in [0.2, 0.25) is 0 Å². The standard InChI is InChI=1S/C26H23N5O2/c1-2-3-10-28-26(33)31-11-8-17-12-18(6-7-23(17)31)24(32)22-16-30-25-21(22)13-20(15-29-25)19-5-4-9-27-14-19/h4-9,11-16H,2-3,10H2,1H3,(H,28,33)(H,29,30). The molecule has 0 aliphatic carbocycles. The van der Waals surface area contributed by atoms with Crippen molar-refractivity contribution in [3.8, 4) is 11.1 Å². The summed E-state index contributed by atoms with van der Waals surface area (Å²) in [5.74, 6) is -0.103. The molecule has 0 aliphatic heterocycles. The lowest BCUT2D eigenvalue weighted by Gasteiger charge is -2.07. The Labute approximate surface area is 190 Å². The molecular weight excluding hydrogens is 414 g/mol. The first-order valence-electron chi connectivity index (χ1n) is 11.0. The highest BCUT2D eigenvalue weighted by molar-refractivity contribution is 6.17. The summed E-state index contributed by atoms with van der Waals surface area (Å²) >= 11 is 0. The molecule has 0 bridgehead atoms. The molecule has 7 nitrogen and oxygen atoms in total. The van der Waals surface area contributed by atoms with Gasteiger partial charge in [-0.25, -0.2) is 9.78 Å². The maximum Gasteiger partial charge on any atom is 0.326 e. The van der Waals surface area contributed by atoms with Crippen LogP contribution >= 0.6 is 0 Å². The van der Waals surface area contributed by atoms with E-state index in [1.807, 2.05) is 36.4 Å². The highest BCUT2D eigenvalue weighted by Gasteiger charge is 2.17. The van der Waals surface area contributed by atoms with Gasteiger partial charge in [-0.3, -0.25) is 14.3 Å². The van der Waals surface area contributed by atoms with E-state index < -0.39 is 0 Å². The van der Waals surface area contributed by atoms with E-state index in [0.717, 1.165) is 40.3 Å². The number of ketones is 1. The highest BCUT2D eigenvalue weighted by Crippen LogP contribution is 2.27. The minimum atomic E-state index is -0.164. The van der Waals surface area contributed by atoms with Crippen LogP contribution in [0.25, 0.3) is 33.1 Å². The topological polar surface area (TPSA) is 92.7 Å². The van der Waals surface area contributed by atoms with Crippen molar-refractivity contribution in [1.29, 1.82) is 0 Å². The molecule has 1 amide bonds. The third-order valence-corrected chi connectivity index (χ3v) is 5.75. The van der Waals surface area contributed by atoms with E-state index in [9.17, 15) is 9.59 Å². The molecule has 4 aromatic heterocycles. The van der Waals surface area contributed by atoms with Gasteiger partial charge in [-0.15, -0.1) is 0 Å². The summed E-state index contributed by atoms with van der Waals surface area (Å²) < 4.78 is 1.58. The van der Waals surface area contributed by atoms with Crippen molar-refractivity contribution in [2.24, 2.45) is 0 Å². The molecular formula is C26H23N5O2. The number of carbonyl (C=O) groups excluding carboxylic acids is 2. The molecule has 0 aliphatic rings. The number of hydrogen-bond acceptors (Lipinski definition) is 4. The SMILES string of the molecule is CCCCNC(=O)n1ccc2cc(C(=O)c3c[nH]c4ncc(-c5cccnc5)cc34)ccc21. The molecule has 0 radical (unpaired) electrons. The van der Waals surface area contributed by atoms with Crippen molar-refractivity contribution in [2.75, 3.05) is 6.54 Å². The number of unbranched alkanes of at least 4 members (excludes halogenated alkanes) is 1. The van der Waals surface area contributed by atoms with Crippen LogP contribution in [0.3, 0.4) is 0 Å². The summed E-state index contributed by atoms with van der Waals surface area (Å²) in [4.78, 5) is 37.6. The molecule has 33 heavy (non-hydrogen) atoms. The van der Waals surface area contributed by atoms with Crippen molar-refractivity contribution in [3.05, 3.63) is 84.6 Å². The largest absolute Gasteiger partial charge is 0.345 e. The Kier molecular flexibility index (Phi) is 5.44. The monoisotopic (exact) mass is 437 g/mol. The molecule has 4 heterocycles. The molecule has 7 heteroatoms. The van der Waals surface area contributed by atoms with Crippen molar-refractivity contribution in [3.63, 3.8) is 0 Å². The van der Waals surface area contributed by atoms with Gasteiger partial charge in [-0.05, 0) is 42.8 Å². The zero-order chi connectivity index (χ0) is 22.8. The Morgan fingerprint density at radius 3 is 2.82 bits per heavy atom. The Balaban J connectivity index is 1.47. The van der Waals surface area contributed by atoms with Gasteiger partial charge in [0.05, 0.1) is 5.52 Å². The lowest BCUT2D eigenvalue weighted by Crippen LogP contribution is -2.28. The zero-order valence-electron chi connectivity index (χ0n) is 18.2. The number of nitrogens with zero attached hydrogens (tertiary/aromatic N) is 3. The van der Waals surface area contributed by atoms with Gasteiger partial charge in [0.15, 0.2) is 5.78 Å². The summed E-state index contributed by atoms with van der Waals surface area (Å²) in [5, 5.41) is 4.51. The van der Waals surface area contributed by atoms with Crippen molar-refractivity contribution in [2.45, 2.75) is 19.8 Å². The molecule has 0 unspecified atom stereocenters. The fraction of sp³-hybridized carbons (Fsp3) is 0.154. The molecule has 0 spiro atoms. The Bertz CT molecular complexity index is 1470. The van der Waals surface area contributed by atoms with Gasteiger partial charge in [0, 0.05) is 70.6 Å². The second kappa shape index (κ2) is 8.70. The number of nitrogens with one attached hydrogen (secondary N) is 2. The first kappa shape index (κ1) is 20.6. The zero-order valence-corrected chi connectivity index (χ0v) is 18.2. The number of pyridine rings is 2. The Morgan fingerprint density at radius 1 is 1.09 bits per heavy atom. The number of aromatic amines is 1. The van der Waals surface area contributed by atoms with Crippen LogP contribution in [0.15, 0.2) is 73.4 Å². The summed E-state index contributed by atoms with van der Waals surface area (Å²) in [5.41, 5.74) is 4.36. The molecule has 1 aromatic carbocycles. The molecule has 164 valence electrons. The van der Waals surface area contributed by atoms with E-state index in [0.29, 0.717) is 23.3 Å². The number of fused-ring (bicyclic) bond motifs is 2. The van der Waals surface area contributed by atoms with Gasteiger partial charge in [0.1, 0.15) is 5.65 Å². The van der Waals surface area contributed by atoms with Crippen molar-refractivity contribution >= 4 is 33.8 Å². The van der Waals surface area contributed by atoms with Gasteiger partial charge < -0.3 is 10.3 Å². The van der Waals surface area contributed by atoms with Crippen LogP contribution in [-0.2, 0) is 0 Å². The second-order valence-electron chi connectivity index (χ2n) is 7.94. The van der Waals surface area contributed by atoms with Crippen molar-refractivity contribution < 1.29 is 9.59 Å². The van der Waals surface area contributed by atoms with Gasteiger partial charge in [-0.1, -0.05) is 19.4 Å². The van der Waals surface area contributed by atoms with Crippen LogP contribution in [0.5, 0.6) is 0 Å². The van der Waals surface area contributed by atoms with Crippen LogP contribution in [-0.4, -0.2) is 37.9 Å². The summed E-state index contributed by atoms with van der Waals surface area (Å²) in [6, 6.07) is 12.9. The first-order chi connectivity index (χ1) is 16.2. The average Bonchev–Trinajstić information content (AvgIpc) is 3.47. The van der Waals surface area contributed by atoms with E-state index in [2.05, 4.69) is 27.2 Å². The summed E-state index contributed by atoms with van der Waals surface area (Å²) in [7, 11) is 0. The maximum absolute atomic E-state index is 13.4. The van der Waals surface area contributed by atoms with Gasteiger partial charge in [0.2, 0.25) is 0 Å². The van der Waals surface area contributed by atoms with Gasteiger partial charge in [-0.2, -0.15) is 0 Å². The van der Waals surface area contributed by atoms with E-state index >= 15 is 0 Å². The Morgan fingerprint density at radius 2 is 2.00 bits per heavy atom. The van der Waals surface area contributed by atoms with E-state index in [1.54, 1.807) is 41.6 Å². The minimum absolute atomic E-state index is 0.103. The molecule has 5 aromatic rings. The van der Waals surface area contributed by atoms with Gasteiger partial charge >= 0.3 is 6.03 Å². The minimum Gasteiger partial charge on any atom is -0.345 e. The molecule has 0 fully saturated rings.